The Kier molecular flexibility index (Phi) is 9.01. The highest BCUT2D eigenvalue weighted by Crippen LogP contribution is 2.44. The largest absolute Gasteiger partial charge is 0.391 e. The van der Waals surface area contributed by atoms with E-state index in [0.717, 1.165) is 36.0 Å². The van der Waals surface area contributed by atoms with Crippen LogP contribution >= 0.6 is 0 Å². The number of unbranched alkanes of at least 4 members (excludes halogenated alkanes) is 1. The quantitative estimate of drug-likeness (QED) is 0.439. The van der Waals surface area contributed by atoms with Crippen LogP contribution in [0.3, 0.4) is 0 Å². The molecule has 2 aliphatic rings. The number of benzene rings is 2. The van der Waals surface area contributed by atoms with Crippen molar-refractivity contribution < 1.29 is 24.1 Å². The number of carbonyl (C=O) groups excluding carboxylic acids is 1. The minimum Gasteiger partial charge on any atom is -0.391 e. The first-order valence-electron chi connectivity index (χ1n) is 13.5. The minimum absolute atomic E-state index is 0.00316. The summed E-state index contributed by atoms with van der Waals surface area (Å²) in [6.45, 7) is 3.61. The molecule has 0 bridgehead atoms. The van der Waals surface area contributed by atoms with Crippen LogP contribution in [-0.4, -0.2) is 60.0 Å². The van der Waals surface area contributed by atoms with E-state index < -0.39 is 11.7 Å². The second-order valence-corrected chi connectivity index (χ2v) is 11.0. The van der Waals surface area contributed by atoms with Crippen molar-refractivity contribution in [3.8, 4) is 11.1 Å². The van der Waals surface area contributed by atoms with E-state index in [0.29, 0.717) is 50.9 Å². The molecule has 0 radical (unpaired) electrons. The Hall–Kier alpha value is -2.32. The van der Waals surface area contributed by atoms with Crippen LogP contribution in [0.5, 0.6) is 0 Å². The topological polar surface area (TPSA) is 96.0 Å². The number of hydrogen-bond acceptors (Lipinski definition) is 5. The number of carbonyl (C=O) groups is 1. The number of aryl methyl sites for hydroxylation is 1. The number of aliphatic hydroxyl groups excluding tert-OH is 1. The van der Waals surface area contributed by atoms with Crippen LogP contribution in [0.1, 0.15) is 56.1 Å². The van der Waals surface area contributed by atoms with Crippen molar-refractivity contribution >= 4 is 5.91 Å². The van der Waals surface area contributed by atoms with E-state index in [-0.39, 0.29) is 29.6 Å². The van der Waals surface area contributed by atoms with E-state index in [2.05, 4.69) is 0 Å². The molecule has 1 unspecified atom stereocenters. The van der Waals surface area contributed by atoms with Crippen molar-refractivity contribution in [2.45, 2.75) is 69.6 Å². The third kappa shape index (κ3) is 6.23. The zero-order chi connectivity index (χ0) is 26.6. The highest BCUT2D eigenvalue weighted by atomic mass is 19.1. The number of likely N-dealkylation sites (tertiary alicyclic amines) is 1. The Morgan fingerprint density at radius 3 is 2.73 bits per heavy atom. The number of halogens is 1. The number of methoxy groups -OCH3 is 1. The predicted molar refractivity (Wildman–Crippen MR) is 142 cm³/mol. The van der Waals surface area contributed by atoms with Crippen LogP contribution in [-0.2, 0) is 15.1 Å². The molecule has 2 aromatic rings. The lowest BCUT2D eigenvalue weighted by Gasteiger charge is -2.44. The fourth-order valence-corrected chi connectivity index (χ4v) is 6.21. The van der Waals surface area contributed by atoms with Crippen molar-refractivity contribution in [1.29, 1.82) is 0 Å². The standard InChI is InChI=1S/C30H41FN2O4/c1-20-7-5-8-21(15-20)25-11-10-24(31)18-26(25)30(36,12-3-4-14-37-2)23-9-6-13-33(19-23)29(35)22-16-27(32)28(34)17-22/h5,7-8,10-11,15,18,22-23,27-28,34,36H,3-4,6,9,12-14,16-17,19,32H2,1-2H3/t22-,23?,27+,28-,30-/m0/s1. The highest BCUT2D eigenvalue weighted by Gasteiger charge is 2.44. The van der Waals surface area contributed by atoms with Crippen LogP contribution in [0.2, 0.25) is 0 Å². The summed E-state index contributed by atoms with van der Waals surface area (Å²) in [5.74, 6) is -0.940. The molecule has 0 aromatic heterocycles. The lowest BCUT2D eigenvalue weighted by Crippen LogP contribution is -2.49. The number of hydrogen-bond donors (Lipinski definition) is 3. The molecular formula is C30H41FN2O4. The Bertz CT molecular complexity index is 1070. The normalized spacial score (nSPS) is 25.7. The number of ether oxygens (including phenoxy) is 1. The second kappa shape index (κ2) is 12.0. The van der Waals surface area contributed by atoms with Gasteiger partial charge in [0.15, 0.2) is 0 Å². The molecule has 1 amide bonds. The van der Waals surface area contributed by atoms with E-state index in [9.17, 15) is 19.4 Å². The summed E-state index contributed by atoms with van der Waals surface area (Å²) in [7, 11) is 1.66. The van der Waals surface area contributed by atoms with Gasteiger partial charge in [0.25, 0.3) is 0 Å². The Balaban J connectivity index is 1.68. The first-order valence-corrected chi connectivity index (χ1v) is 13.5. The van der Waals surface area contributed by atoms with Crippen molar-refractivity contribution in [2.75, 3.05) is 26.8 Å². The fraction of sp³-hybridized carbons (Fsp3) is 0.567. The van der Waals surface area contributed by atoms with E-state index in [1.54, 1.807) is 13.2 Å². The molecule has 202 valence electrons. The molecule has 4 rings (SSSR count). The summed E-state index contributed by atoms with van der Waals surface area (Å²) in [6, 6.07) is 12.3. The predicted octanol–water partition coefficient (Wildman–Crippen LogP) is 4.14. The van der Waals surface area contributed by atoms with Gasteiger partial charge in [-0.15, -0.1) is 0 Å². The third-order valence-corrected chi connectivity index (χ3v) is 8.27. The van der Waals surface area contributed by atoms with Crippen molar-refractivity contribution in [3.63, 3.8) is 0 Å². The second-order valence-electron chi connectivity index (χ2n) is 11.0. The van der Waals surface area contributed by atoms with Gasteiger partial charge in [0.1, 0.15) is 5.82 Å². The van der Waals surface area contributed by atoms with E-state index in [1.165, 1.54) is 12.1 Å². The Morgan fingerprint density at radius 2 is 2.03 bits per heavy atom. The number of nitrogens with two attached hydrogens (primary N) is 1. The zero-order valence-electron chi connectivity index (χ0n) is 22.0. The van der Waals surface area contributed by atoms with Gasteiger partial charge in [-0.3, -0.25) is 4.79 Å². The molecule has 1 aliphatic heterocycles. The molecule has 4 N–H and O–H groups in total. The summed E-state index contributed by atoms with van der Waals surface area (Å²) in [5.41, 5.74) is 8.07. The Morgan fingerprint density at radius 1 is 1.22 bits per heavy atom. The molecule has 2 fully saturated rings. The molecule has 1 saturated heterocycles. The van der Waals surface area contributed by atoms with Crippen LogP contribution in [0.4, 0.5) is 4.39 Å². The molecule has 1 aliphatic carbocycles. The van der Waals surface area contributed by atoms with Crippen LogP contribution < -0.4 is 5.73 Å². The van der Waals surface area contributed by atoms with Gasteiger partial charge in [0, 0.05) is 44.7 Å². The Labute approximate surface area is 219 Å². The van der Waals surface area contributed by atoms with Gasteiger partial charge in [-0.2, -0.15) is 0 Å². The summed E-state index contributed by atoms with van der Waals surface area (Å²) >= 11 is 0. The maximum atomic E-state index is 14.7. The van der Waals surface area contributed by atoms with Crippen LogP contribution in [0.15, 0.2) is 42.5 Å². The van der Waals surface area contributed by atoms with Crippen molar-refractivity contribution in [3.05, 3.63) is 59.4 Å². The molecule has 37 heavy (non-hydrogen) atoms. The number of rotatable bonds is 9. The first-order chi connectivity index (χ1) is 17.7. The lowest BCUT2D eigenvalue weighted by molar-refractivity contribution is -0.141. The molecule has 1 saturated carbocycles. The first kappa shape index (κ1) is 27.7. The van der Waals surface area contributed by atoms with Gasteiger partial charge in [0.2, 0.25) is 5.91 Å². The minimum atomic E-state index is -1.32. The van der Waals surface area contributed by atoms with E-state index in [1.807, 2.05) is 36.1 Å². The van der Waals surface area contributed by atoms with Gasteiger partial charge < -0.3 is 25.6 Å². The zero-order valence-corrected chi connectivity index (χ0v) is 22.0. The van der Waals surface area contributed by atoms with Gasteiger partial charge >= 0.3 is 0 Å². The van der Waals surface area contributed by atoms with Gasteiger partial charge in [-0.25, -0.2) is 4.39 Å². The van der Waals surface area contributed by atoms with Gasteiger partial charge in [0.05, 0.1) is 11.7 Å². The average molecular weight is 513 g/mol. The third-order valence-electron chi connectivity index (χ3n) is 8.27. The highest BCUT2D eigenvalue weighted by molar-refractivity contribution is 5.79. The average Bonchev–Trinajstić information content (AvgIpc) is 3.24. The van der Waals surface area contributed by atoms with Crippen molar-refractivity contribution in [1.82, 2.24) is 4.90 Å². The SMILES string of the molecule is COCCCC[C@@](O)(c1cc(F)ccc1-c1cccc(C)c1)C1CCCN(C(=O)[C@H]2C[C@@H](N)[C@@H](O)C2)C1. The van der Waals surface area contributed by atoms with Crippen molar-refractivity contribution in [2.24, 2.45) is 17.6 Å². The molecule has 1 heterocycles. The number of amides is 1. The van der Waals surface area contributed by atoms with Gasteiger partial charge in [-0.05, 0) is 80.7 Å². The summed E-state index contributed by atoms with van der Waals surface area (Å²) < 4.78 is 20.0. The lowest BCUT2D eigenvalue weighted by atomic mass is 9.72. The smallest absolute Gasteiger partial charge is 0.225 e. The summed E-state index contributed by atoms with van der Waals surface area (Å²) in [6.07, 6.45) is 3.63. The monoisotopic (exact) mass is 512 g/mol. The van der Waals surface area contributed by atoms with E-state index in [4.69, 9.17) is 10.5 Å². The maximum Gasteiger partial charge on any atom is 0.225 e. The van der Waals surface area contributed by atoms with Gasteiger partial charge in [-0.1, -0.05) is 35.9 Å². The maximum absolute atomic E-state index is 14.7. The molecule has 7 heteroatoms. The molecular weight excluding hydrogens is 471 g/mol. The fourth-order valence-electron chi connectivity index (χ4n) is 6.21. The molecule has 5 atom stereocenters. The molecule has 2 aromatic carbocycles. The van der Waals surface area contributed by atoms with Crippen LogP contribution in [0, 0.1) is 24.6 Å². The summed E-state index contributed by atoms with van der Waals surface area (Å²) in [5, 5.41) is 22.6. The number of aliphatic hydroxyl groups is 2. The van der Waals surface area contributed by atoms with Crippen LogP contribution in [0.25, 0.3) is 11.1 Å². The number of piperidine rings is 1. The molecule has 0 spiro atoms. The molecule has 6 nitrogen and oxygen atoms in total. The summed E-state index contributed by atoms with van der Waals surface area (Å²) in [4.78, 5) is 15.2. The number of nitrogens with zero attached hydrogens (tertiary/aromatic N) is 1. The van der Waals surface area contributed by atoms with E-state index >= 15 is 0 Å².